The Kier molecular flexibility index (Phi) is 6.90. The fourth-order valence-electron chi connectivity index (χ4n) is 6.62. The molecule has 0 heterocycles. The fourth-order valence-corrected chi connectivity index (χ4v) is 6.62. The summed E-state index contributed by atoms with van der Waals surface area (Å²) in [7, 11) is 0. The molecule has 0 aromatic heterocycles. The van der Waals surface area contributed by atoms with Gasteiger partial charge in [0.05, 0.1) is 0 Å². The Labute approximate surface area is 264 Å². The SMILES string of the molecule is c1ccc(-c2c3ccccc3c(-c3ccccc3)c3cc(-c4cccc(N(c5ccccc5)c5ccccc5)c4)ccc23)cc1. The summed E-state index contributed by atoms with van der Waals surface area (Å²) < 4.78 is 0. The number of benzene rings is 8. The Morgan fingerprint density at radius 3 is 1.20 bits per heavy atom. The van der Waals surface area contributed by atoms with E-state index in [9.17, 15) is 0 Å². The first-order valence-electron chi connectivity index (χ1n) is 15.5. The van der Waals surface area contributed by atoms with Crippen molar-refractivity contribution in [2.75, 3.05) is 4.90 Å². The second kappa shape index (κ2) is 11.6. The molecule has 8 aromatic rings. The van der Waals surface area contributed by atoms with Gasteiger partial charge in [0.2, 0.25) is 0 Å². The van der Waals surface area contributed by atoms with Crippen LogP contribution < -0.4 is 4.90 Å². The normalized spacial score (nSPS) is 11.1. The molecule has 0 unspecified atom stereocenters. The lowest BCUT2D eigenvalue weighted by Crippen LogP contribution is -2.09. The Bertz CT molecular complexity index is 2200. The first-order valence-corrected chi connectivity index (χ1v) is 15.5. The van der Waals surface area contributed by atoms with Gasteiger partial charge in [-0.3, -0.25) is 0 Å². The Morgan fingerprint density at radius 1 is 0.244 bits per heavy atom. The summed E-state index contributed by atoms with van der Waals surface area (Å²) in [5, 5.41) is 5.05. The molecule has 0 radical (unpaired) electrons. The van der Waals surface area contributed by atoms with E-state index >= 15 is 0 Å². The first kappa shape index (κ1) is 26.7. The summed E-state index contributed by atoms with van der Waals surface area (Å²) in [6.07, 6.45) is 0. The van der Waals surface area contributed by atoms with Crippen LogP contribution in [-0.2, 0) is 0 Å². The molecule has 8 aromatic carbocycles. The van der Waals surface area contributed by atoms with E-state index < -0.39 is 0 Å². The minimum absolute atomic E-state index is 1.12. The van der Waals surface area contributed by atoms with Gasteiger partial charge in [0.1, 0.15) is 0 Å². The number of para-hydroxylation sites is 2. The molecule has 0 N–H and O–H groups in total. The lowest BCUT2D eigenvalue weighted by atomic mass is 9.85. The smallest absolute Gasteiger partial charge is 0.0467 e. The van der Waals surface area contributed by atoms with Gasteiger partial charge < -0.3 is 4.90 Å². The summed E-state index contributed by atoms with van der Waals surface area (Å²) >= 11 is 0. The minimum Gasteiger partial charge on any atom is -0.310 e. The second-order valence-electron chi connectivity index (χ2n) is 11.3. The predicted octanol–water partition coefficient (Wildman–Crippen LogP) is 12.5. The molecule has 0 fully saturated rings. The van der Waals surface area contributed by atoms with Gasteiger partial charge in [0.25, 0.3) is 0 Å². The van der Waals surface area contributed by atoms with Gasteiger partial charge in [-0.05, 0) is 97.4 Å². The number of hydrogen-bond donors (Lipinski definition) is 0. The molecule has 8 rings (SSSR count). The Hall–Kier alpha value is -5.92. The highest BCUT2D eigenvalue weighted by atomic mass is 15.1. The van der Waals surface area contributed by atoms with Gasteiger partial charge in [-0.25, -0.2) is 0 Å². The predicted molar refractivity (Wildman–Crippen MR) is 192 cm³/mol. The summed E-state index contributed by atoms with van der Waals surface area (Å²) in [4.78, 5) is 2.32. The van der Waals surface area contributed by atoms with Crippen LogP contribution in [0, 0.1) is 0 Å². The quantitative estimate of drug-likeness (QED) is 0.179. The maximum atomic E-state index is 2.39. The van der Waals surface area contributed by atoms with Crippen LogP contribution in [0.25, 0.3) is 54.9 Å². The summed E-state index contributed by atoms with van der Waals surface area (Å²) in [6, 6.07) is 67.5. The molecule has 0 aliphatic rings. The van der Waals surface area contributed by atoms with Gasteiger partial charge in [-0.15, -0.1) is 0 Å². The molecule has 0 atom stereocenters. The van der Waals surface area contributed by atoms with Crippen molar-refractivity contribution < 1.29 is 0 Å². The highest BCUT2D eigenvalue weighted by Gasteiger charge is 2.18. The molecule has 1 nitrogen and oxygen atoms in total. The van der Waals surface area contributed by atoms with Gasteiger partial charge in [0.15, 0.2) is 0 Å². The van der Waals surface area contributed by atoms with E-state index in [0.29, 0.717) is 0 Å². The van der Waals surface area contributed by atoms with Crippen LogP contribution in [-0.4, -0.2) is 0 Å². The van der Waals surface area contributed by atoms with E-state index in [1.54, 1.807) is 0 Å². The summed E-state index contributed by atoms with van der Waals surface area (Å²) in [5.74, 6) is 0. The fraction of sp³-hybridized carbons (Fsp3) is 0. The van der Waals surface area contributed by atoms with E-state index in [1.807, 2.05) is 0 Å². The first-order chi connectivity index (χ1) is 22.3. The summed E-state index contributed by atoms with van der Waals surface area (Å²) in [6.45, 7) is 0. The molecule has 212 valence electrons. The van der Waals surface area contributed by atoms with Crippen LogP contribution in [0.1, 0.15) is 0 Å². The van der Waals surface area contributed by atoms with Crippen LogP contribution in [0.2, 0.25) is 0 Å². The highest BCUT2D eigenvalue weighted by molar-refractivity contribution is 6.22. The van der Waals surface area contributed by atoms with E-state index in [4.69, 9.17) is 0 Å². The van der Waals surface area contributed by atoms with Gasteiger partial charge in [0, 0.05) is 17.1 Å². The molecule has 0 bridgehead atoms. The Morgan fingerprint density at radius 2 is 0.644 bits per heavy atom. The number of hydrogen-bond acceptors (Lipinski definition) is 1. The van der Waals surface area contributed by atoms with Crippen LogP contribution in [0.4, 0.5) is 17.1 Å². The monoisotopic (exact) mass is 573 g/mol. The molecular formula is C44H31N. The average Bonchev–Trinajstić information content (AvgIpc) is 3.12. The average molecular weight is 574 g/mol. The van der Waals surface area contributed by atoms with Crippen molar-refractivity contribution in [3.63, 3.8) is 0 Å². The van der Waals surface area contributed by atoms with E-state index in [1.165, 1.54) is 54.9 Å². The van der Waals surface area contributed by atoms with Crippen molar-refractivity contribution >= 4 is 38.6 Å². The van der Waals surface area contributed by atoms with Gasteiger partial charge >= 0.3 is 0 Å². The van der Waals surface area contributed by atoms with Crippen LogP contribution in [0.5, 0.6) is 0 Å². The van der Waals surface area contributed by atoms with E-state index in [-0.39, 0.29) is 0 Å². The molecule has 0 saturated heterocycles. The molecule has 45 heavy (non-hydrogen) atoms. The van der Waals surface area contributed by atoms with Crippen molar-refractivity contribution in [1.29, 1.82) is 0 Å². The maximum Gasteiger partial charge on any atom is 0.0467 e. The zero-order valence-electron chi connectivity index (χ0n) is 24.8. The molecule has 0 saturated carbocycles. The second-order valence-corrected chi connectivity index (χ2v) is 11.3. The number of anilines is 3. The molecule has 0 aliphatic carbocycles. The van der Waals surface area contributed by atoms with Gasteiger partial charge in [-0.1, -0.05) is 146 Å². The Balaban J connectivity index is 1.37. The topological polar surface area (TPSA) is 3.24 Å². The third-order valence-corrected chi connectivity index (χ3v) is 8.62. The summed E-state index contributed by atoms with van der Waals surface area (Å²) in [5.41, 5.74) is 10.8. The zero-order chi connectivity index (χ0) is 30.0. The van der Waals surface area contributed by atoms with Crippen LogP contribution >= 0.6 is 0 Å². The largest absolute Gasteiger partial charge is 0.310 e. The number of nitrogens with zero attached hydrogens (tertiary/aromatic N) is 1. The lowest BCUT2D eigenvalue weighted by Gasteiger charge is -2.26. The van der Waals surface area contributed by atoms with Crippen molar-refractivity contribution in [2.24, 2.45) is 0 Å². The minimum atomic E-state index is 1.12. The molecule has 1 heteroatoms. The number of rotatable bonds is 6. The van der Waals surface area contributed by atoms with E-state index in [0.717, 1.165) is 17.1 Å². The van der Waals surface area contributed by atoms with Crippen molar-refractivity contribution in [1.82, 2.24) is 0 Å². The van der Waals surface area contributed by atoms with Gasteiger partial charge in [-0.2, -0.15) is 0 Å². The lowest BCUT2D eigenvalue weighted by molar-refractivity contribution is 1.28. The standard InChI is InChI=1S/C44H31N/c1-5-16-32(17-6-1)43-39-26-13-14-27-40(39)44(33-18-7-2-8-19-33)42-31-35(28-29-41(42)43)34-20-15-25-38(30-34)45(36-21-9-3-10-22-36)37-23-11-4-12-24-37/h1-31H. The third-order valence-electron chi connectivity index (χ3n) is 8.62. The molecule has 0 aliphatic heterocycles. The van der Waals surface area contributed by atoms with E-state index in [2.05, 4.69) is 193 Å². The molecular weight excluding hydrogens is 542 g/mol. The molecule has 0 spiro atoms. The highest BCUT2D eigenvalue weighted by Crippen LogP contribution is 2.45. The van der Waals surface area contributed by atoms with Crippen molar-refractivity contribution in [2.45, 2.75) is 0 Å². The van der Waals surface area contributed by atoms with Crippen molar-refractivity contribution in [3.8, 4) is 33.4 Å². The number of fused-ring (bicyclic) bond motifs is 2. The third kappa shape index (κ3) is 4.95. The van der Waals surface area contributed by atoms with Crippen molar-refractivity contribution in [3.05, 3.63) is 188 Å². The van der Waals surface area contributed by atoms with Crippen LogP contribution in [0.3, 0.4) is 0 Å². The zero-order valence-corrected chi connectivity index (χ0v) is 24.8. The molecule has 0 amide bonds. The maximum absolute atomic E-state index is 2.39. The van der Waals surface area contributed by atoms with Crippen LogP contribution in [0.15, 0.2) is 188 Å².